The molecule has 0 heterocycles. The summed E-state index contributed by atoms with van der Waals surface area (Å²) in [6.07, 6.45) is 16.0. The van der Waals surface area contributed by atoms with Crippen LogP contribution in [-0.2, 0) is 0 Å². The Hall–Kier alpha value is -1.50. The molecule has 1 aliphatic rings. The lowest BCUT2D eigenvalue weighted by atomic mass is 9.92. The molecule has 1 N–H and O–H groups in total. The normalized spacial score (nSPS) is 19.9. The maximum Gasteiger partial charge on any atom is 0.114 e. The number of hydrogen-bond acceptors (Lipinski definition) is 1. The van der Waals surface area contributed by atoms with Crippen molar-refractivity contribution in [2.75, 3.05) is 0 Å². The second-order valence-corrected chi connectivity index (χ2v) is 6.89. The summed E-state index contributed by atoms with van der Waals surface area (Å²) < 4.78 is 0. The first-order valence-corrected chi connectivity index (χ1v) is 9.01. The van der Waals surface area contributed by atoms with Crippen LogP contribution in [-0.4, -0.2) is 5.11 Å². The Bertz CT molecular complexity index is 490. The second-order valence-electron chi connectivity index (χ2n) is 6.89. The molecule has 0 saturated heterocycles. The van der Waals surface area contributed by atoms with Gasteiger partial charge in [0.25, 0.3) is 0 Å². The Morgan fingerprint density at radius 1 is 1.43 bits per heavy atom. The number of allylic oxidation sites excluding steroid dienone is 7. The van der Waals surface area contributed by atoms with Crippen LogP contribution in [0.5, 0.6) is 0 Å². The predicted molar refractivity (Wildman–Crippen MR) is 103 cm³/mol. The van der Waals surface area contributed by atoms with Gasteiger partial charge in [0.15, 0.2) is 0 Å². The fraction of sp³-hybridized carbons (Fsp3) is 0.545. The first-order valence-electron chi connectivity index (χ1n) is 9.01. The number of hydrogen-bond donors (Lipinski definition) is 1. The van der Waals surface area contributed by atoms with Gasteiger partial charge in [0.2, 0.25) is 0 Å². The van der Waals surface area contributed by atoms with Crippen LogP contribution in [0.4, 0.5) is 0 Å². The van der Waals surface area contributed by atoms with E-state index in [1.165, 1.54) is 19.3 Å². The molecule has 0 aromatic carbocycles. The van der Waals surface area contributed by atoms with Gasteiger partial charge >= 0.3 is 0 Å². The Morgan fingerprint density at radius 2 is 2.17 bits per heavy atom. The quantitative estimate of drug-likeness (QED) is 0.260. The molecule has 1 rings (SSSR count). The van der Waals surface area contributed by atoms with Crippen molar-refractivity contribution in [3.8, 4) is 0 Å². The average Bonchev–Trinajstić information content (AvgIpc) is 2.98. The van der Waals surface area contributed by atoms with Gasteiger partial charge < -0.3 is 5.11 Å². The zero-order chi connectivity index (χ0) is 17.2. The van der Waals surface area contributed by atoms with Crippen LogP contribution in [0.1, 0.15) is 65.7 Å². The lowest BCUT2D eigenvalue weighted by molar-refractivity contribution is 0.412. The Balaban J connectivity index is 2.40. The van der Waals surface area contributed by atoms with Crippen molar-refractivity contribution in [3.63, 3.8) is 0 Å². The third-order valence-corrected chi connectivity index (χ3v) is 4.73. The van der Waals surface area contributed by atoms with Crippen LogP contribution in [0.3, 0.4) is 0 Å². The Morgan fingerprint density at radius 3 is 2.83 bits per heavy atom. The predicted octanol–water partition coefficient (Wildman–Crippen LogP) is 7.06. The van der Waals surface area contributed by atoms with Crippen LogP contribution >= 0.6 is 0 Å². The third-order valence-electron chi connectivity index (χ3n) is 4.73. The van der Waals surface area contributed by atoms with E-state index in [9.17, 15) is 5.11 Å². The molecule has 2 atom stereocenters. The molecule has 0 amide bonds. The van der Waals surface area contributed by atoms with Crippen molar-refractivity contribution in [3.05, 3.63) is 59.9 Å². The molecule has 0 saturated carbocycles. The molecule has 0 spiro atoms. The van der Waals surface area contributed by atoms with Crippen LogP contribution < -0.4 is 0 Å². The summed E-state index contributed by atoms with van der Waals surface area (Å²) in [5, 5.41) is 10.2. The molecule has 2 unspecified atom stereocenters. The highest BCUT2D eigenvalue weighted by Gasteiger charge is 2.16. The standard InChI is InChI=1S/C22H34O/c1-6-8-10-17(3)18(4)15-19(5)22(23)14-13-21-12-11-20(16-21)9-7-2/h6,8,11,14,17,21,23H,4-5,7,9-10,12-13,15-16H2,1-3H3/b8-6-,22-14-. The summed E-state index contributed by atoms with van der Waals surface area (Å²) in [6, 6.07) is 0. The third kappa shape index (κ3) is 7.07. The van der Waals surface area contributed by atoms with Gasteiger partial charge in [-0.05, 0) is 68.9 Å². The molecule has 0 aromatic rings. The number of rotatable bonds is 10. The van der Waals surface area contributed by atoms with Gasteiger partial charge in [-0.1, -0.05) is 62.8 Å². The monoisotopic (exact) mass is 314 g/mol. The van der Waals surface area contributed by atoms with E-state index in [2.05, 4.69) is 45.2 Å². The molecule has 0 radical (unpaired) electrons. The first-order chi connectivity index (χ1) is 11.0. The topological polar surface area (TPSA) is 20.2 Å². The van der Waals surface area contributed by atoms with E-state index in [-0.39, 0.29) is 0 Å². The van der Waals surface area contributed by atoms with Crippen LogP contribution in [0.25, 0.3) is 0 Å². The summed E-state index contributed by atoms with van der Waals surface area (Å²) in [7, 11) is 0. The Labute approximate surface area is 143 Å². The number of aliphatic hydroxyl groups is 1. The van der Waals surface area contributed by atoms with Gasteiger partial charge in [0.05, 0.1) is 0 Å². The zero-order valence-corrected chi connectivity index (χ0v) is 15.3. The molecule has 1 heteroatoms. The van der Waals surface area contributed by atoms with Crippen molar-refractivity contribution < 1.29 is 5.11 Å². The summed E-state index contributed by atoms with van der Waals surface area (Å²) >= 11 is 0. The molecule has 128 valence electrons. The molecule has 0 aromatic heterocycles. The van der Waals surface area contributed by atoms with Gasteiger partial charge in [-0.15, -0.1) is 0 Å². The molecule has 23 heavy (non-hydrogen) atoms. The second kappa shape index (κ2) is 10.3. The van der Waals surface area contributed by atoms with Crippen molar-refractivity contribution in [1.29, 1.82) is 0 Å². The molecule has 0 fully saturated rings. The molecular weight excluding hydrogens is 280 g/mol. The van der Waals surface area contributed by atoms with Crippen molar-refractivity contribution >= 4 is 0 Å². The van der Waals surface area contributed by atoms with E-state index in [1.54, 1.807) is 5.57 Å². The van der Waals surface area contributed by atoms with Gasteiger partial charge in [-0.3, -0.25) is 0 Å². The van der Waals surface area contributed by atoms with Gasteiger partial charge in [-0.2, -0.15) is 0 Å². The van der Waals surface area contributed by atoms with Crippen LogP contribution in [0, 0.1) is 11.8 Å². The maximum atomic E-state index is 10.2. The van der Waals surface area contributed by atoms with E-state index in [1.807, 2.05) is 13.0 Å². The molecular formula is C22H34O. The highest BCUT2D eigenvalue weighted by molar-refractivity contribution is 5.27. The van der Waals surface area contributed by atoms with Crippen LogP contribution in [0.2, 0.25) is 0 Å². The fourth-order valence-electron chi connectivity index (χ4n) is 3.04. The van der Waals surface area contributed by atoms with Gasteiger partial charge in [-0.25, -0.2) is 0 Å². The first kappa shape index (κ1) is 19.5. The summed E-state index contributed by atoms with van der Waals surface area (Å²) in [6.45, 7) is 14.6. The van der Waals surface area contributed by atoms with Crippen molar-refractivity contribution in [2.24, 2.45) is 11.8 Å². The van der Waals surface area contributed by atoms with Crippen molar-refractivity contribution in [1.82, 2.24) is 0 Å². The molecule has 0 aliphatic heterocycles. The Kier molecular flexibility index (Phi) is 8.76. The highest BCUT2D eigenvalue weighted by Crippen LogP contribution is 2.31. The smallest absolute Gasteiger partial charge is 0.114 e. The van der Waals surface area contributed by atoms with Gasteiger partial charge in [0.1, 0.15) is 5.76 Å². The number of aliphatic hydroxyl groups excluding tert-OH is 1. The van der Waals surface area contributed by atoms with Gasteiger partial charge in [0, 0.05) is 0 Å². The van der Waals surface area contributed by atoms with E-state index in [4.69, 9.17) is 0 Å². The molecule has 0 bridgehead atoms. The van der Waals surface area contributed by atoms with E-state index < -0.39 is 0 Å². The van der Waals surface area contributed by atoms with Crippen molar-refractivity contribution in [2.45, 2.75) is 65.7 Å². The minimum Gasteiger partial charge on any atom is -0.508 e. The average molecular weight is 315 g/mol. The molecule has 1 aliphatic carbocycles. The summed E-state index contributed by atoms with van der Waals surface area (Å²) in [4.78, 5) is 0. The van der Waals surface area contributed by atoms with E-state index in [0.717, 1.165) is 30.4 Å². The van der Waals surface area contributed by atoms with E-state index in [0.29, 0.717) is 24.0 Å². The van der Waals surface area contributed by atoms with Crippen LogP contribution in [0.15, 0.2) is 59.9 Å². The minimum atomic E-state index is 0.355. The van der Waals surface area contributed by atoms with E-state index >= 15 is 0 Å². The largest absolute Gasteiger partial charge is 0.508 e. The maximum absolute atomic E-state index is 10.2. The lowest BCUT2D eigenvalue weighted by Crippen LogP contribution is -2.00. The summed E-state index contributed by atoms with van der Waals surface area (Å²) in [5.41, 5.74) is 3.53. The highest BCUT2D eigenvalue weighted by atomic mass is 16.3. The minimum absolute atomic E-state index is 0.355. The fourth-order valence-corrected chi connectivity index (χ4v) is 3.04. The lowest BCUT2D eigenvalue weighted by Gasteiger charge is -2.14. The molecule has 1 nitrogen and oxygen atoms in total. The SMILES string of the molecule is C=C(CC(=C)C(C)C/C=C\C)/C(O)=C/CC1CC=C(CCC)C1. The summed E-state index contributed by atoms with van der Waals surface area (Å²) in [5.74, 6) is 1.43. The zero-order valence-electron chi connectivity index (χ0n) is 15.3.